The number of benzene rings is 2. The number of carbonyl (C=O) groups excluding carboxylic acids is 1. The molecule has 0 fully saturated rings. The third kappa shape index (κ3) is 3.47. The van der Waals surface area contributed by atoms with Gasteiger partial charge in [-0.25, -0.2) is 0 Å². The number of anilines is 1. The van der Waals surface area contributed by atoms with Gasteiger partial charge in [-0.1, -0.05) is 18.2 Å². The van der Waals surface area contributed by atoms with Crippen molar-refractivity contribution in [3.05, 3.63) is 59.4 Å². The van der Waals surface area contributed by atoms with E-state index in [0.717, 1.165) is 5.56 Å². The van der Waals surface area contributed by atoms with Gasteiger partial charge in [0.1, 0.15) is 12.3 Å². The minimum atomic E-state index is -1.09. The van der Waals surface area contributed by atoms with Crippen LogP contribution in [-0.4, -0.2) is 30.6 Å². The molecule has 0 aliphatic carbocycles. The fourth-order valence-electron chi connectivity index (χ4n) is 2.60. The Kier molecular flexibility index (Phi) is 4.43. The Morgan fingerprint density at radius 2 is 2.08 bits per heavy atom. The third-order valence-corrected chi connectivity index (χ3v) is 3.77. The monoisotopic (exact) mass is 339 g/mol. The highest BCUT2D eigenvalue weighted by molar-refractivity contribution is 6.11. The molecule has 6 nitrogen and oxygen atoms in total. The van der Waals surface area contributed by atoms with Crippen LogP contribution in [-0.2, 0) is 9.59 Å². The minimum Gasteiger partial charge on any atom is -0.497 e. The fraction of sp³-hybridized carbons (Fsp3) is 0.158. The Morgan fingerprint density at radius 3 is 2.80 bits per heavy atom. The van der Waals surface area contributed by atoms with Crippen molar-refractivity contribution in [3.63, 3.8) is 0 Å². The summed E-state index contributed by atoms with van der Waals surface area (Å²) in [6.45, 7) is 1.43. The lowest BCUT2D eigenvalue weighted by atomic mass is 10.1. The van der Waals surface area contributed by atoms with Gasteiger partial charge >= 0.3 is 5.97 Å². The number of aliphatic carboxylic acids is 1. The first kappa shape index (κ1) is 16.6. The number of ether oxygens (including phenoxy) is 2. The Labute approximate surface area is 144 Å². The van der Waals surface area contributed by atoms with Gasteiger partial charge < -0.3 is 14.6 Å². The maximum Gasteiger partial charge on any atom is 0.323 e. The van der Waals surface area contributed by atoms with Crippen LogP contribution in [0.15, 0.2) is 48.2 Å². The molecule has 0 spiro atoms. The zero-order valence-corrected chi connectivity index (χ0v) is 13.9. The van der Waals surface area contributed by atoms with Crippen molar-refractivity contribution < 1.29 is 24.2 Å². The molecule has 1 aliphatic rings. The van der Waals surface area contributed by atoms with Gasteiger partial charge in [-0.15, -0.1) is 0 Å². The summed E-state index contributed by atoms with van der Waals surface area (Å²) < 4.78 is 10.9. The van der Waals surface area contributed by atoms with E-state index in [2.05, 4.69) is 0 Å². The molecule has 1 N–H and O–H groups in total. The number of methoxy groups -OCH3 is 1. The number of nitrogens with zero attached hydrogens (tertiary/aromatic N) is 1. The van der Waals surface area contributed by atoms with Gasteiger partial charge in [0.2, 0.25) is 0 Å². The lowest BCUT2D eigenvalue weighted by molar-refractivity contribution is -0.136. The quantitative estimate of drug-likeness (QED) is 0.867. The van der Waals surface area contributed by atoms with Crippen LogP contribution in [0.3, 0.4) is 0 Å². The van der Waals surface area contributed by atoms with E-state index < -0.39 is 18.4 Å². The van der Waals surface area contributed by atoms with E-state index in [1.54, 1.807) is 49.6 Å². The van der Waals surface area contributed by atoms with Gasteiger partial charge in [-0.2, -0.15) is 0 Å². The summed E-state index contributed by atoms with van der Waals surface area (Å²) in [6.07, 6.45) is 1.57. The number of carboxylic acid groups (broad SMARTS) is 1. The van der Waals surface area contributed by atoms with E-state index in [1.165, 1.54) is 4.90 Å². The Hall–Kier alpha value is -3.28. The van der Waals surface area contributed by atoms with Crippen LogP contribution in [0.25, 0.3) is 6.08 Å². The molecule has 0 atom stereocenters. The number of amides is 1. The van der Waals surface area contributed by atoms with Crippen molar-refractivity contribution in [2.24, 2.45) is 0 Å². The summed E-state index contributed by atoms with van der Waals surface area (Å²) in [5, 5.41) is 9.15. The van der Waals surface area contributed by atoms with Crippen LogP contribution in [0.1, 0.15) is 11.1 Å². The second-order valence-electron chi connectivity index (χ2n) is 5.64. The Bertz CT molecular complexity index is 872. The number of aryl methyl sites for hydroxylation is 1. The molecule has 1 aliphatic heterocycles. The van der Waals surface area contributed by atoms with Crippen molar-refractivity contribution in [2.45, 2.75) is 6.92 Å². The summed E-state index contributed by atoms with van der Waals surface area (Å²) in [4.78, 5) is 25.1. The molecule has 0 saturated carbocycles. The van der Waals surface area contributed by atoms with E-state index >= 15 is 0 Å². The number of fused-ring (bicyclic) bond motifs is 1. The number of rotatable bonds is 4. The van der Waals surface area contributed by atoms with Gasteiger partial charge in [-0.3, -0.25) is 14.5 Å². The van der Waals surface area contributed by atoms with Crippen molar-refractivity contribution in [1.29, 1.82) is 0 Å². The molecule has 3 rings (SSSR count). The molecule has 25 heavy (non-hydrogen) atoms. The van der Waals surface area contributed by atoms with Gasteiger partial charge in [0.25, 0.3) is 5.91 Å². The maximum atomic E-state index is 12.7. The third-order valence-electron chi connectivity index (χ3n) is 3.77. The smallest absolute Gasteiger partial charge is 0.323 e. The molecule has 2 aromatic carbocycles. The number of carbonyl (C=O) groups is 2. The van der Waals surface area contributed by atoms with E-state index in [9.17, 15) is 9.59 Å². The lowest BCUT2D eigenvalue weighted by Crippen LogP contribution is -2.40. The summed E-state index contributed by atoms with van der Waals surface area (Å²) in [5.74, 6) is -0.436. The van der Waals surface area contributed by atoms with Crippen molar-refractivity contribution in [3.8, 4) is 11.5 Å². The number of hydrogen-bond donors (Lipinski definition) is 1. The van der Waals surface area contributed by atoms with Crippen LogP contribution in [0.2, 0.25) is 0 Å². The van der Waals surface area contributed by atoms with E-state index in [1.807, 2.05) is 13.0 Å². The summed E-state index contributed by atoms with van der Waals surface area (Å²) in [5.41, 5.74) is 2.08. The topological polar surface area (TPSA) is 76.1 Å². The molecule has 1 amide bonds. The average Bonchev–Trinajstić information content (AvgIpc) is 2.59. The second kappa shape index (κ2) is 6.68. The van der Waals surface area contributed by atoms with E-state index in [4.69, 9.17) is 14.6 Å². The highest BCUT2D eigenvalue weighted by atomic mass is 16.5. The van der Waals surface area contributed by atoms with Gasteiger partial charge in [0.15, 0.2) is 11.5 Å². The molecular weight excluding hydrogens is 322 g/mol. The molecule has 2 aromatic rings. The first-order valence-electron chi connectivity index (χ1n) is 7.66. The molecule has 0 bridgehead atoms. The van der Waals surface area contributed by atoms with E-state index in [-0.39, 0.29) is 5.76 Å². The molecule has 1 heterocycles. The van der Waals surface area contributed by atoms with Crippen molar-refractivity contribution in [1.82, 2.24) is 0 Å². The second-order valence-corrected chi connectivity index (χ2v) is 5.64. The average molecular weight is 339 g/mol. The standard InChI is InChI=1S/C19H17NO5/c1-12-6-7-16-15(8-12)20(11-18(21)22)19(23)17(25-16)10-13-4-3-5-14(9-13)24-2/h3-10H,11H2,1-2H3,(H,21,22)/b17-10+. The van der Waals surface area contributed by atoms with E-state index in [0.29, 0.717) is 22.7 Å². The number of carboxylic acids is 1. The van der Waals surface area contributed by atoms with Gasteiger partial charge in [-0.05, 0) is 48.4 Å². The van der Waals surface area contributed by atoms with Crippen LogP contribution >= 0.6 is 0 Å². The first-order valence-corrected chi connectivity index (χ1v) is 7.66. The largest absolute Gasteiger partial charge is 0.497 e. The lowest BCUT2D eigenvalue weighted by Gasteiger charge is -2.29. The van der Waals surface area contributed by atoms with Gasteiger partial charge in [0.05, 0.1) is 12.8 Å². The minimum absolute atomic E-state index is 0.0610. The summed E-state index contributed by atoms with van der Waals surface area (Å²) in [6, 6.07) is 12.5. The first-order chi connectivity index (χ1) is 12.0. The van der Waals surface area contributed by atoms with Crippen LogP contribution in [0, 0.1) is 6.92 Å². The SMILES string of the molecule is COc1cccc(/C=C2/Oc3ccc(C)cc3N(CC(=O)O)C2=O)c1. The maximum absolute atomic E-state index is 12.7. The molecular formula is C19H17NO5. The highest BCUT2D eigenvalue weighted by Crippen LogP contribution is 2.36. The van der Waals surface area contributed by atoms with Crippen molar-refractivity contribution in [2.75, 3.05) is 18.6 Å². The molecule has 0 radical (unpaired) electrons. The molecule has 0 saturated heterocycles. The summed E-state index contributed by atoms with van der Waals surface area (Å²) >= 11 is 0. The number of hydrogen-bond acceptors (Lipinski definition) is 4. The predicted octanol–water partition coefficient (Wildman–Crippen LogP) is 2.85. The highest BCUT2D eigenvalue weighted by Gasteiger charge is 2.31. The predicted molar refractivity (Wildman–Crippen MR) is 92.8 cm³/mol. The summed E-state index contributed by atoms with van der Waals surface area (Å²) in [7, 11) is 1.56. The molecule has 128 valence electrons. The zero-order valence-electron chi connectivity index (χ0n) is 13.9. The van der Waals surface area contributed by atoms with Crippen LogP contribution < -0.4 is 14.4 Å². The molecule has 0 aromatic heterocycles. The fourth-order valence-corrected chi connectivity index (χ4v) is 2.60. The zero-order chi connectivity index (χ0) is 18.0. The van der Waals surface area contributed by atoms with Crippen LogP contribution in [0.5, 0.6) is 11.5 Å². The Balaban J connectivity index is 2.04. The Morgan fingerprint density at radius 1 is 1.28 bits per heavy atom. The normalized spacial score (nSPS) is 14.9. The van der Waals surface area contributed by atoms with Crippen LogP contribution in [0.4, 0.5) is 5.69 Å². The van der Waals surface area contributed by atoms with Gasteiger partial charge in [0, 0.05) is 0 Å². The van der Waals surface area contributed by atoms with Crippen molar-refractivity contribution >= 4 is 23.6 Å². The molecule has 6 heteroatoms. The molecule has 0 unspecified atom stereocenters.